The number of benzene rings is 1. The maximum atomic E-state index is 12.0. The SMILES string of the molecule is CNN(C)C(=O)c1cc(OC)ccc1OC. The second-order valence-corrected chi connectivity index (χ2v) is 3.15. The molecule has 0 saturated heterocycles. The van der Waals surface area contributed by atoms with Gasteiger partial charge in [0.05, 0.1) is 19.8 Å². The number of carbonyl (C=O) groups is 1. The molecule has 0 fully saturated rings. The summed E-state index contributed by atoms with van der Waals surface area (Å²) in [6.45, 7) is 0. The van der Waals surface area contributed by atoms with Gasteiger partial charge < -0.3 is 9.47 Å². The van der Waals surface area contributed by atoms with Crippen LogP contribution in [0.25, 0.3) is 0 Å². The molecule has 5 heteroatoms. The fourth-order valence-electron chi connectivity index (χ4n) is 1.26. The highest BCUT2D eigenvalue weighted by Crippen LogP contribution is 2.24. The van der Waals surface area contributed by atoms with Gasteiger partial charge in [-0.05, 0) is 18.2 Å². The zero-order chi connectivity index (χ0) is 12.1. The van der Waals surface area contributed by atoms with E-state index >= 15 is 0 Å². The van der Waals surface area contributed by atoms with Crippen molar-refractivity contribution in [3.63, 3.8) is 0 Å². The summed E-state index contributed by atoms with van der Waals surface area (Å²) in [6, 6.07) is 5.10. The van der Waals surface area contributed by atoms with Crippen molar-refractivity contribution in [3.8, 4) is 11.5 Å². The molecule has 0 spiro atoms. The third-order valence-corrected chi connectivity index (χ3v) is 2.28. The number of methoxy groups -OCH3 is 2. The second-order valence-electron chi connectivity index (χ2n) is 3.15. The Labute approximate surface area is 94.9 Å². The van der Waals surface area contributed by atoms with Crippen LogP contribution in [-0.2, 0) is 0 Å². The van der Waals surface area contributed by atoms with Gasteiger partial charge in [-0.15, -0.1) is 0 Å². The van der Waals surface area contributed by atoms with Gasteiger partial charge in [0.25, 0.3) is 5.91 Å². The van der Waals surface area contributed by atoms with E-state index in [4.69, 9.17) is 9.47 Å². The van der Waals surface area contributed by atoms with E-state index in [9.17, 15) is 4.79 Å². The monoisotopic (exact) mass is 224 g/mol. The number of nitrogens with one attached hydrogen (secondary N) is 1. The molecule has 0 unspecified atom stereocenters. The van der Waals surface area contributed by atoms with Gasteiger partial charge in [-0.1, -0.05) is 0 Å². The Morgan fingerprint density at radius 2 is 2.00 bits per heavy atom. The molecule has 0 bridgehead atoms. The Morgan fingerprint density at radius 1 is 1.31 bits per heavy atom. The van der Waals surface area contributed by atoms with Gasteiger partial charge in [0.2, 0.25) is 0 Å². The van der Waals surface area contributed by atoms with Crippen molar-refractivity contribution in [2.24, 2.45) is 0 Å². The molecule has 0 heterocycles. The van der Waals surface area contributed by atoms with Gasteiger partial charge >= 0.3 is 0 Å². The average molecular weight is 224 g/mol. The van der Waals surface area contributed by atoms with Crippen molar-refractivity contribution in [1.29, 1.82) is 0 Å². The molecule has 0 aliphatic rings. The number of hydrazine groups is 1. The molecular formula is C11H16N2O3. The Hall–Kier alpha value is -1.75. The van der Waals surface area contributed by atoms with Crippen LogP contribution in [0.3, 0.4) is 0 Å². The zero-order valence-corrected chi connectivity index (χ0v) is 9.90. The molecule has 0 saturated carbocycles. The predicted octanol–water partition coefficient (Wildman–Crippen LogP) is 0.910. The molecule has 0 aliphatic heterocycles. The lowest BCUT2D eigenvalue weighted by Crippen LogP contribution is -2.36. The average Bonchev–Trinajstić information content (AvgIpc) is 2.35. The fraction of sp³-hybridized carbons (Fsp3) is 0.364. The van der Waals surface area contributed by atoms with Gasteiger partial charge in [0.15, 0.2) is 0 Å². The van der Waals surface area contributed by atoms with Gasteiger partial charge in [-0.2, -0.15) is 0 Å². The third kappa shape index (κ3) is 2.43. The largest absolute Gasteiger partial charge is 0.497 e. The van der Waals surface area contributed by atoms with Crippen molar-refractivity contribution in [3.05, 3.63) is 23.8 Å². The minimum absolute atomic E-state index is 0.182. The van der Waals surface area contributed by atoms with E-state index in [0.717, 1.165) is 0 Å². The van der Waals surface area contributed by atoms with Gasteiger partial charge in [0, 0.05) is 14.1 Å². The summed E-state index contributed by atoms with van der Waals surface area (Å²) < 4.78 is 10.2. The first-order valence-electron chi connectivity index (χ1n) is 4.81. The highest BCUT2D eigenvalue weighted by atomic mass is 16.5. The van der Waals surface area contributed by atoms with Crippen LogP contribution < -0.4 is 14.9 Å². The molecular weight excluding hydrogens is 208 g/mol. The highest BCUT2D eigenvalue weighted by Gasteiger charge is 2.16. The molecule has 0 radical (unpaired) electrons. The lowest BCUT2D eigenvalue weighted by molar-refractivity contribution is 0.0731. The lowest BCUT2D eigenvalue weighted by Gasteiger charge is -2.17. The number of hydrogen-bond acceptors (Lipinski definition) is 4. The van der Waals surface area contributed by atoms with Crippen LogP contribution >= 0.6 is 0 Å². The van der Waals surface area contributed by atoms with Gasteiger partial charge in [-0.25, -0.2) is 5.43 Å². The van der Waals surface area contributed by atoms with Crippen molar-refractivity contribution in [1.82, 2.24) is 10.4 Å². The summed E-state index contributed by atoms with van der Waals surface area (Å²) >= 11 is 0. The molecule has 1 N–H and O–H groups in total. The summed E-state index contributed by atoms with van der Waals surface area (Å²) in [5.74, 6) is 0.958. The summed E-state index contributed by atoms with van der Waals surface area (Å²) in [4.78, 5) is 12.0. The molecule has 16 heavy (non-hydrogen) atoms. The fourth-order valence-corrected chi connectivity index (χ4v) is 1.26. The maximum absolute atomic E-state index is 12.0. The summed E-state index contributed by atoms with van der Waals surface area (Å²) in [7, 11) is 6.39. The molecule has 0 aliphatic carbocycles. The van der Waals surface area contributed by atoms with Crippen LogP contribution in [0.5, 0.6) is 11.5 Å². The van der Waals surface area contributed by atoms with Gasteiger partial charge in [-0.3, -0.25) is 9.80 Å². The van der Waals surface area contributed by atoms with Crippen molar-refractivity contribution >= 4 is 5.91 Å². The smallest absolute Gasteiger partial charge is 0.271 e. The Morgan fingerprint density at radius 3 is 2.50 bits per heavy atom. The minimum atomic E-state index is -0.182. The van der Waals surface area contributed by atoms with Crippen LogP contribution in [0.2, 0.25) is 0 Å². The van der Waals surface area contributed by atoms with Crippen molar-refractivity contribution in [2.75, 3.05) is 28.3 Å². The lowest BCUT2D eigenvalue weighted by atomic mass is 10.1. The molecule has 1 aromatic rings. The van der Waals surface area contributed by atoms with Crippen molar-refractivity contribution in [2.45, 2.75) is 0 Å². The minimum Gasteiger partial charge on any atom is -0.497 e. The third-order valence-electron chi connectivity index (χ3n) is 2.28. The predicted molar refractivity (Wildman–Crippen MR) is 60.7 cm³/mol. The van der Waals surface area contributed by atoms with E-state index in [1.54, 1.807) is 39.4 Å². The zero-order valence-electron chi connectivity index (χ0n) is 9.90. The molecule has 5 nitrogen and oxygen atoms in total. The maximum Gasteiger partial charge on any atom is 0.271 e. The standard InChI is InChI=1S/C11H16N2O3/c1-12-13(2)11(14)9-7-8(15-3)5-6-10(9)16-4/h5-7,12H,1-4H3. The Bertz CT molecular complexity index is 379. The second kappa shape index (κ2) is 5.37. The summed E-state index contributed by atoms with van der Waals surface area (Å²) in [5, 5.41) is 1.37. The normalized spacial score (nSPS) is 9.75. The van der Waals surface area contributed by atoms with Crippen molar-refractivity contribution < 1.29 is 14.3 Å². The van der Waals surface area contributed by atoms with Crippen LogP contribution in [0.1, 0.15) is 10.4 Å². The number of ether oxygens (including phenoxy) is 2. The summed E-state index contributed by atoms with van der Waals surface area (Å²) in [6.07, 6.45) is 0. The number of rotatable bonds is 4. The molecule has 0 atom stereocenters. The topological polar surface area (TPSA) is 50.8 Å². The number of amides is 1. The molecule has 1 aromatic carbocycles. The van der Waals surface area contributed by atoms with E-state index in [-0.39, 0.29) is 5.91 Å². The van der Waals surface area contributed by atoms with Crippen LogP contribution in [0.15, 0.2) is 18.2 Å². The van der Waals surface area contributed by atoms with Crippen LogP contribution in [0.4, 0.5) is 0 Å². The van der Waals surface area contributed by atoms with Crippen LogP contribution in [0, 0.1) is 0 Å². The Kier molecular flexibility index (Phi) is 4.13. The quantitative estimate of drug-likeness (QED) is 0.772. The van der Waals surface area contributed by atoms with E-state index < -0.39 is 0 Å². The van der Waals surface area contributed by atoms with Crippen LogP contribution in [-0.4, -0.2) is 39.2 Å². The first-order valence-corrected chi connectivity index (χ1v) is 4.81. The Balaban J connectivity index is 3.13. The molecule has 88 valence electrons. The van der Waals surface area contributed by atoms with E-state index in [1.807, 2.05) is 0 Å². The summed E-state index contributed by atoms with van der Waals surface area (Å²) in [5.41, 5.74) is 3.20. The number of carbonyl (C=O) groups excluding carboxylic acids is 1. The number of nitrogens with zero attached hydrogens (tertiary/aromatic N) is 1. The first-order chi connectivity index (χ1) is 7.63. The highest BCUT2D eigenvalue weighted by molar-refractivity contribution is 5.96. The van der Waals surface area contributed by atoms with E-state index in [2.05, 4.69) is 5.43 Å². The molecule has 0 aromatic heterocycles. The molecule has 1 amide bonds. The number of hydrogen-bond donors (Lipinski definition) is 1. The molecule has 1 rings (SSSR count). The van der Waals surface area contributed by atoms with E-state index in [1.165, 1.54) is 12.1 Å². The van der Waals surface area contributed by atoms with Gasteiger partial charge in [0.1, 0.15) is 11.5 Å². The first kappa shape index (κ1) is 12.3. The van der Waals surface area contributed by atoms with E-state index in [0.29, 0.717) is 17.1 Å².